The van der Waals surface area contributed by atoms with Gasteiger partial charge in [0.2, 0.25) is 0 Å². The van der Waals surface area contributed by atoms with Crippen molar-refractivity contribution in [1.29, 1.82) is 0 Å². The van der Waals surface area contributed by atoms with Gasteiger partial charge in [0.25, 0.3) is 11.1 Å². The summed E-state index contributed by atoms with van der Waals surface area (Å²) in [5.74, 6) is 0.877. The number of halogens is 1. The Morgan fingerprint density at radius 3 is 2.53 bits per heavy atom. The smallest absolute Gasteiger partial charge is 0.298 e. The molecular weight excluding hydrogens is 537 g/mol. The number of hydrogen-bond acceptors (Lipinski definition) is 5. The summed E-state index contributed by atoms with van der Waals surface area (Å²) in [5.41, 5.74) is 3.56. The standard InChI is InChI=1S/C25H20INO4S/c1-16-7-6-8-17(11-16)15-31-23-20(26)12-18(13-21(23)30-2)14-22-24(28)27(25(29)32-22)19-9-4-3-5-10-19/h3-14H,15H2,1-2H3/b22-14-. The molecule has 4 rings (SSSR count). The molecule has 3 aromatic carbocycles. The van der Waals surface area contributed by atoms with Crippen LogP contribution in [0.15, 0.2) is 71.6 Å². The van der Waals surface area contributed by atoms with Crippen molar-refractivity contribution in [2.45, 2.75) is 13.5 Å². The minimum Gasteiger partial charge on any atom is -0.493 e. The fourth-order valence-corrected chi connectivity index (χ4v) is 4.96. The molecule has 0 bridgehead atoms. The molecule has 0 N–H and O–H groups in total. The SMILES string of the molecule is COc1cc(/C=C2\SC(=O)N(c3ccccc3)C2=O)cc(I)c1OCc1cccc(C)c1. The van der Waals surface area contributed by atoms with Crippen LogP contribution in [0, 0.1) is 10.5 Å². The predicted octanol–water partition coefficient (Wildman–Crippen LogP) is 6.43. The number of ether oxygens (including phenoxy) is 2. The third-order valence-corrected chi connectivity index (χ3v) is 6.49. The highest BCUT2D eigenvalue weighted by Crippen LogP contribution is 2.38. The van der Waals surface area contributed by atoms with Crippen LogP contribution in [0.1, 0.15) is 16.7 Å². The summed E-state index contributed by atoms with van der Waals surface area (Å²) >= 11 is 3.12. The molecule has 0 saturated carbocycles. The van der Waals surface area contributed by atoms with E-state index in [2.05, 4.69) is 28.7 Å². The molecule has 0 unspecified atom stereocenters. The quantitative estimate of drug-likeness (QED) is 0.259. The molecule has 1 heterocycles. The maximum atomic E-state index is 12.9. The average Bonchev–Trinajstić information content (AvgIpc) is 3.06. The zero-order chi connectivity index (χ0) is 22.7. The van der Waals surface area contributed by atoms with E-state index in [0.29, 0.717) is 28.7 Å². The Morgan fingerprint density at radius 2 is 1.81 bits per heavy atom. The second-order valence-corrected chi connectivity index (χ2v) is 9.32. The van der Waals surface area contributed by atoms with Gasteiger partial charge in [-0.15, -0.1) is 0 Å². The number of benzene rings is 3. The van der Waals surface area contributed by atoms with E-state index in [4.69, 9.17) is 9.47 Å². The van der Waals surface area contributed by atoms with Gasteiger partial charge in [-0.2, -0.15) is 0 Å². The summed E-state index contributed by atoms with van der Waals surface area (Å²) in [7, 11) is 1.58. The number of methoxy groups -OCH3 is 1. The van der Waals surface area contributed by atoms with Gasteiger partial charge in [0.1, 0.15) is 6.61 Å². The Bertz CT molecular complexity index is 1210. The Kier molecular flexibility index (Phi) is 6.86. The van der Waals surface area contributed by atoms with Crippen LogP contribution < -0.4 is 14.4 Å². The fourth-order valence-electron chi connectivity index (χ4n) is 3.34. The molecule has 0 aliphatic carbocycles. The van der Waals surface area contributed by atoms with Crippen LogP contribution in [0.25, 0.3) is 6.08 Å². The molecule has 0 radical (unpaired) electrons. The van der Waals surface area contributed by atoms with Crippen LogP contribution in [0.3, 0.4) is 0 Å². The molecule has 1 aliphatic rings. The Hall–Kier alpha value is -2.78. The normalized spacial score (nSPS) is 14.8. The second kappa shape index (κ2) is 9.79. The van der Waals surface area contributed by atoms with Crippen LogP contribution in [-0.4, -0.2) is 18.3 Å². The van der Waals surface area contributed by atoms with Crippen LogP contribution >= 0.6 is 34.4 Å². The molecule has 32 heavy (non-hydrogen) atoms. The molecule has 1 aliphatic heterocycles. The third kappa shape index (κ3) is 4.83. The summed E-state index contributed by atoms with van der Waals surface area (Å²) in [5, 5.41) is -0.313. The van der Waals surface area contributed by atoms with Crippen molar-refractivity contribution in [2.24, 2.45) is 0 Å². The summed E-state index contributed by atoms with van der Waals surface area (Å²) in [6.45, 7) is 2.46. The molecule has 5 nitrogen and oxygen atoms in total. The highest BCUT2D eigenvalue weighted by Gasteiger charge is 2.36. The summed E-state index contributed by atoms with van der Waals surface area (Å²) < 4.78 is 12.5. The summed E-state index contributed by atoms with van der Waals surface area (Å²) in [4.78, 5) is 26.9. The second-order valence-electron chi connectivity index (χ2n) is 7.16. The minimum absolute atomic E-state index is 0.313. The number of rotatable bonds is 6. The predicted molar refractivity (Wildman–Crippen MR) is 136 cm³/mol. The van der Waals surface area contributed by atoms with Crippen LogP contribution in [-0.2, 0) is 11.4 Å². The number of thioether (sulfide) groups is 1. The van der Waals surface area contributed by atoms with Crippen molar-refractivity contribution >= 4 is 57.3 Å². The van der Waals surface area contributed by atoms with Gasteiger partial charge >= 0.3 is 0 Å². The van der Waals surface area contributed by atoms with Crippen molar-refractivity contribution in [3.63, 3.8) is 0 Å². The van der Waals surface area contributed by atoms with E-state index in [0.717, 1.165) is 26.5 Å². The summed E-state index contributed by atoms with van der Waals surface area (Å²) in [6, 6.07) is 20.8. The number of imide groups is 1. The molecule has 0 atom stereocenters. The molecule has 1 fully saturated rings. The number of hydrogen-bond donors (Lipinski definition) is 0. The monoisotopic (exact) mass is 557 g/mol. The van der Waals surface area contributed by atoms with Gasteiger partial charge in [0.15, 0.2) is 11.5 Å². The Labute approximate surface area is 204 Å². The molecule has 1 saturated heterocycles. The lowest BCUT2D eigenvalue weighted by Gasteiger charge is -2.14. The molecule has 0 spiro atoms. The van der Waals surface area contributed by atoms with Gasteiger partial charge in [0.05, 0.1) is 21.3 Å². The summed E-state index contributed by atoms with van der Waals surface area (Å²) in [6.07, 6.45) is 1.71. The molecule has 3 aromatic rings. The first kappa shape index (κ1) is 22.4. The number of anilines is 1. The number of nitrogens with zero attached hydrogens (tertiary/aromatic N) is 1. The van der Waals surface area contributed by atoms with E-state index < -0.39 is 0 Å². The zero-order valence-electron chi connectivity index (χ0n) is 17.5. The topological polar surface area (TPSA) is 55.8 Å². The molecule has 0 aromatic heterocycles. The first-order valence-corrected chi connectivity index (χ1v) is 11.7. The molecule has 2 amide bonds. The van der Waals surface area contributed by atoms with Gasteiger partial charge in [-0.25, -0.2) is 4.90 Å². The van der Waals surface area contributed by atoms with E-state index in [1.807, 2.05) is 43.3 Å². The number of carbonyl (C=O) groups is 2. The first-order valence-electron chi connectivity index (χ1n) is 9.85. The molecular formula is C25H20INO4S. The highest BCUT2D eigenvalue weighted by molar-refractivity contribution is 14.1. The Morgan fingerprint density at radius 1 is 1.03 bits per heavy atom. The van der Waals surface area contributed by atoms with Gasteiger partial charge in [-0.3, -0.25) is 9.59 Å². The number of aryl methyl sites for hydroxylation is 1. The highest BCUT2D eigenvalue weighted by atomic mass is 127. The van der Waals surface area contributed by atoms with Crippen LogP contribution in [0.4, 0.5) is 10.5 Å². The van der Waals surface area contributed by atoms with Crippen molar-refractivity contribution in [3.05, 3.63) is 91.9 Å². The third-order valence-electron chi connectivity index (χ3n) is 4.82. The van der Waals surface area contributed by atoms with Crippen LogP contribution in [0.5, 0.6) is 11.5 Å². The van der Waals surface area contributed by atoms with Crippen molar-refractivity contribution < 1.29 is 19.1 Å². The molecule has 162 valence electrons. The minimum atomic E-state index is -0.333. The van der Waals surface area contributed by atoms with Gasteiger partial charge in [-0.05, 0) is 82.7 Å². The van der Waals surface area contributed by atoms with E-state index in [9.17, 15) is 9.59 Å². The van der Waals surface area contributed by atoms with Gasteiger partial charge in [0, 0.05) is 0 Å². The maximum absolute atomic E-state index is 12.9. The van der Waals surface area contributed by atoms with Gasteiger partial charge in [-0.1, -0.05) is 48.0 Å². The number of amides is 2. The van der Waals surface area contributed by atoms with E-state index >= 15 is 0 Å². The number of para-hydroxylation sites is 1. The number of carbonyl (C=O) groups excluding carboxylic acids is 2. The average molecular weight is 557 g/mol. The van der Waals surface area contributed by atoms with E-state index in [1.54, 1.807) is 37.5 Å². The maximum Gasteiger partial charge on any atom is 0.298 e. The van der Waals surface area contributed by atoms with Gasteiger partial charge < -0.3 is 9.47 Å². The zero-order valence-corrected chi connectivity index (χ0v) is 20.5. The lowest BCUT2D eigenvalue weighted by molar-refractivity contribution is -0.113. The lowest BCUT2D eigenvalue weighted by Crippen LogP contribution is -2.27. The Balaban J connectivity index is 1.58. The lowest BCUT2D eigenvalue weighted by atomic mass is 10.1. The van der Waals surface area contributed by atoms with E-state index in [1.165, 1.54) is 10.5 Å². The van der Waals surface area contributed by atoms with Crippen molar-refractivity contribution in [2.75, 3.05) is 12.0 Å². The largest absolute Gasteiger partial charge is 0.493 e. The van der Waals surface area contributed by atoms with Crippen molar-refractivity contribution in [1.82, 2.24) is 0 Å². The van der Waals surface area contributed by atoms with Crippen molar-refractivity contribution in [3.8, 4) is 11.5 Å². The fraction of sp³-hybridized carbons (Fsp3) is 0.120. The first-order chi connectivity index (χ1) is 15.5. The molecule has 7 heteroatoms. The van der Waals surface area contributed by atoms with E-state index in [-0.39, 0.29) is 11.1 Å². The van der Waals surface area contributed by atoms with Crippen LogP contribution in [0.2, 0.25) is 0 Å².